The van der Waals surface area contributed by atoms with Gasteiger partial charge in [0.2, 0.25) is 11.8 Å². The van der Waals surface area contributed by atoms with Crippen LogP contribution in [0.3, 0.4) is 0 Å². The second-order valence-corrected chi connectivity index (χ2v) is 6.68. The van der Waals surface area contributed by atoms with Crippen LogP contribution in [0.4, 0.5) is 5.69 Å². The minimum Gasteiger partial charge on any atom is -0.376 e. The van der Waals surface area contributed by atoms with Crippen LogP contribution in [-0.2, 0) is 16.1 Å². The largest absolute Gasteiger partial charge is 0.376 e. The molecule has 1 saturated carbocycles. The summed E-state index contributed by atoms with van der Waals surface area (Å²) < 4.78 is 0. The summed E-state index contributed by atoms with van der Waals surface area (Å²) >= 11 is 0. The molecule has 6 nitrogen and oxygen atoms in total. The number of carbonyl (C=O) groups excluding carboxylic acids is 2. The number of nitrogens with one attached hydrogen (secondary N) is 2. The molecule has 1 aliphatic rings. The van der Waals surface area contributed by atoms with Gasteiger partial charge in [-0.05, 0) is 44.2 Å². The molecule has 0 spiro atoms. The highest BCUT2D eigenvalue weighted by atomic mass is 16.2. The number of amides is 2. The molecule has 0 aromatic heterocycles. The summed E-state index contributed by atoms with van der Waals surface area (Å²) in [5, 5.41) is 15.3. The van der Waals surface area contributed by atoms with Crippen LogP contribution in [0.2, 0.25) is 0 Å². The zero-order chi connectivity index (χ0) is 18.4. The normalized spacial score (nSPS) is 15.6. The number of benzene rings is 1. The number of hydrogen-bond acceptors (Lipinski definition) is 4. The number of rotatable bonds is 8. The molecule has 2 amide bonds. The summed E-state index contributed by atoms with van der Waals surface area (Å²) in [5.74, 6) is 0.0661. The van der Waals surface area contributed by atoms with Crippen LogP contribution >= 0.6 is 0 Å². The summed E-state index contributed by atoms with van der Waals surface area (Å²) in [7, 11) is 0. The number of anilines is 1. The number of hydrogen-bond donors (Lipinski definition) is 2. The Kier molecular flexibility index (Phi) is 6.02. The first-order valence-electron chi connectivity index (χ1n) is 8.69. The van der Waals surface area contributed by atoms with Crippen LogP contribution in [0.5, 0.6) is 0 Å². The van der Waals surface area contributed by atoms with Crippen LogP contribution < -0.4 is 10.6 Å². The van der Waals surface area contributed by atoms with Crippen LogP contribution in [0.15, 0.2) is 24.3 Å². The molecule has 0 aliphatic heterocycles. The third kappa shape index (κ3) is 4.96. The fourth-order valence-corrected chi connectivity index (χ4v) is 2.87. The lowest BCUT2D eigenvalue weighted by Crippen LogP contribution is -2.48. The lowest BCUT2D eigenvalue weighted by Gasteiger charge is -2.24. The summed E-state index contributed by atoms with van der Waals surface area (Å²) in [5.41, 5.74) is 0.992. The second-order valence-electron chi connectivity index (χ2n) is 6.68. The number of nitriles is 1. The molecule has 0 radical (unpaired) electrons. The third-order valence-corrected chi connectivity index (χ3v) is 4.67. The van der Waals surface area contributed by atoms with E-state index < -0.39 is 5.54 Å². The molecule has 25 heavy (non-hydrogen) atoms. The molecular formula is C19H26N4O2. The molecule has 2 rings (SSSR count). The molecule has 6 heteroatoms. The quantitative estimate of drug-likeness (QED) is 0.759. The molecule has 1 aliphatic carbocycles. The Hall–Kier alpha value is -2.55. The minimum atomic E-state index is -0.786. The van der Waals surface area contributed by atoms with Gasteiger partial charge in [-0.25, -0.2) is 0 Å². The molecule has 1 aromatic carbocycles. The Morgan fingerprint density at radius 2 is 2.04 bits per heavy atom. The Morgan fingerprint density at radius 3 is 2.60 bits per heavy atom. The first-order chi connectivity index (χ1) is 11.9. The van der Waals surface area contributed by atoms with Gasteiger partial charge in [-0.2, -0.15) is 5.26 Å². The summed E-state index contributed by atoms with van der Waals surface area (Å²) in [6.07, 6.45) is 1.97. The molecule has 1 fully saturated rings. The predicted molar refractivity (Wildman–Crippen MR) is 96.6 cm³/mol. The fraction of sp³-hybridized carbons (Fsp3) is 0.526. The van der Waals surface area contributed by atoms with Gasteiger partial charge in [0, 0.05) is 25.7 Å². The van der Waals surface area contributed by atoms with E-state index in [1.165, 1.54) is 0 Å². The molecule has 1 atom stereocenters. The maximum absolute atomic E-state index is 12.2. The molecule has 134 valence electrons. The predicted octanol–water partition coefficient (Wildman–Crippen LogP) is 2.28. The van der Waals surface area contributed by atoms with Crippen molar-refractivity contribution >= 4 is 17.5 Å². The molecule has 0 heterocycles. The highest BCUT2D eigenvalue weighted by molar-refractivity contribution is 5.82. The number of nitrogens with zero attached hydrogens (tertiary/aromatic N) is 2. The summed E-state index contributed by atoms with van der Waals surface area (Å²) in [4.78, 5) is 25.6. The third-order valence-electron chi connectivity index (χ3n) is 4.67. The Balaban J connectivity index is 1.97. The Labute approximate surface area is 149 Å². The highest BCUT2D eigenvalue weighted by Crippen LogP contribution is 2.39. The van der Waals surface area contributed by atoms with E-state index in [-0.39, 0.29) is 24.3 Å². The van der Waals surface area contributed by atoms with Gasteiger partial charge in [0.25, 0.3) is 0 Å². The van der Waals surface area contributed by atoms with E-state index in [0.29, 0.717) is 13.1 Å². The van der Waals surface area contributed by atoms with Crippen molar-refractivity contribution in [3.63, 3.8) is 0 Å². The van der Waals surface area contributed by atoms with Crippen molar-refractivity contribution in [3.8, 4) is 6.07 Å². The summed E-state index contributed by atoms with van der Waals surface area (Å²) in [6.45, 7) is 6.48. The molecule has 2 N–H and O–H groups in total. The van der Waals surface area contributed by atoms with E-state index in [9.17, 15) is 14.9 Å². The summed E-state index contributed by atoms with van der Waals surface area (Å²) in [6, 6.07) is 9.85. The highest BCUT2D eigenvalue weighted by Gasteiger charge is 2.42. The van der Waals surface area contributed by atoms with Gasteiger partial charge >= 0.3 is 0 Å². The monoisotopic (exact) mass is 342 g/mol. The van der Waals surface area contributed by atoms with Gasteiger partial charge in [-0.3, -0.25) is 9.59 Å². The lowest BCUT2D eigenvalue weighted by molar-refractivity contribution is -0.129. The maximum atomic E-state index is 12.2. The maximum Gasteiger partial charge on any atom is 0.240 e. The van der Waals surface area contributed by atoms with Crippen molar-refractivity contribution in [1.82, 2.24) is 10.2 Å². The average molecular weight is 342 g/mol. The van der Waals surface area contributed by atoms with Gasteiger partial charge in [0.1, 0.15) is 5.54 Å². The second kappa shape index (κ2) is 8.02. The topological polar surface area (TPSA) is 85.2 Å². The lowest BCUT2D eigenvalue weighted by atomic mass is 9.98. The van der Waals surface area contributed by atoms with Gasteiger partial charge in [0.15, 0.2) is 0 Å². The van der Waals surface area contributed by atoms with Gasteiger partial charge in [-0.1, -0.05) is 18.2 Å². The van der Waals surface area contributed by atoms with Crippen molar-refractivity contribution < 1.29 is 9.59 Å². The van der Waals surface area contributed by atoms with Crippen molar-refractivity contribution in [2.24, 2.45) is 5.92 Å². The smallest absolute Gasteiger partial charge is 0.240 e. The van der Waals surface area contributed by atoms with Crippen LogP contribution in [-0.4, -0.2) is 35.3 Å². The zero-order valence-electron chi connectivity index (χ0n) is 15.1. The standard InChI is InChI=1S/C19H26N4O2/c1-4-23(14(2)24)12-15-7-5-6-8-17(15)21-11-18(25)22-19(3,13-20)16-9-10-16/h5-8,16,21H,4,9-12H2,1-3H3,(H,22,25). The first-order valence-corrected chi connectivity index (χ1v) is 8.69. The first kappa shape index (κ1) is 18.8. The van der Waals surface area contributed by atoms with Crippen molar-refractivity contribution in [2.75, 3.05) is 18.4 Å². The van der Waals surface area contributed by atoms with Crippen LogP contribution in [0.1, 0.15) is 39.2 Å². The van der Waals surface area contributed by atoms with E-state index >= 15 is 0 Å². The number of para-hydroxylation sites is 1. The average Bonchev–Trinajstić information content (AvgIpc) is 3.43. The van der Waals surface area contributed by atoms with E-state index in [0.717, 1.165) is 24.1 Å². The SMILES string of the molecule is CCN(Cc1ccccc1NCC(=O)NC(C)(C#N)C1CC1)C(C)=O. The van der Waals surface area contributed by atoms with E-state index in [1.54, 1.807) is 18.7 Å². The van der Waals surface area contributed by atoms with Gasteiger partial charge in [0.05, 0.1) is 12.6 Å². The number of carbonyl (C=O) groups is 2. The molecule has 0 saturated heterocycles. The van der Waals surface area contributed by atoms with Crippen molar-refractivity contribution in [1.29, 1.82) is 5.26 Å². The van der Waals surface area contributed by atoms with E-state index in [1.807, 2.05) is 31.2 Å². The molecule has 1 unspecified atom stereocenters. The zero-order valence-corrected chi connectivity index (χ0v) is 15.1. The van der Waals surface area contributed by atoms with Gasteiger partial charge in [-0.15, -0.1) is 0 Å². The van der Waals surface area contributed by atoms with Gasteiger partial charge < -0.3 is 15.5 Å². The Morgan fingerprint density at radius 1 is 1.36 bits per heavy atom. The minimum absolute atomic E-state index is 0.0178. The molecular weight excluding hydrogens is 316 g/mol. The van der Waals surface area contributed by atoms with Crippen molar-refractivity contribution in [3.05, 3.63) is 29.8 Å². The molecule has 0 bridgehead atoms. The van der Waals surface area contributed by atoms with E-state index in [2.05, 4.69) is 16.7 Å². The van der Waals surface area contributed by atoms with Crippen LogP contribution in [0.25, 0.3) is 0 Å². The Bertz CT molecular complexity index is 678. The van der Waals surface area contributed by atoms with Crippen LogP contribution in [0, 0.1) is 17.2 Å². The van der Waals surface area contributed by atoms with Crippen molar-refractivity contribution in [2.45, 2.75) is 45.7 Å². The molecule has 1 aromatic rings. The van der Waals surface area contributed by atoms with E-state index in [4.69, 9.17) is 0 Å². The fourth-order valence-electron chi connectivity index (χ4n) is 2.87.